The molecule has 0 spiro atoms. The Labute approximate surface area is 83.8 Å². The van der Waals surface area contributed by atoms with Gasteiger partial charge in [-0.3, -0.25) is 9.59 Å². The van der Waals surface area contributed by atoms with Crippen molar-refractivity contribution in [1.82, 2.24) is 0 Å². The van der Waals surface area contributed by atoms with Crippen molar-refractivity contribution in [1.29, 1.82) is 0 Å². The van der Waals surface area contributed by atoms with Crippen molar-refractivity contribution in [3.05, 3.63) is 11.6 Å². The first-order valence-corrected chi connectivity index (χ1v) is 4.81. The molecule has 1 rings (SSSR count). The molecule has 3 nitrogen and oxygen atoms in total. The Morgan fingerprint density at radius 2 is 1.93 bits per heavy atom. The fourth-order valence-corrected chi connectivity index (χ4v) is 1.53. The number of allylic oxidation sites excluding steroid dienone is 1. The van der Waals surface area contributed by atoms with E-state index in [1.165, 1.54) is 13.0 Å². The Morgan fingerprint density at radius 1 is 1.43 bits per heavy atom. The highest BCUT2D eigenvalue weighted by atomic mass is 16.3. The lowest BCUT2D eigenvalue weighted by molar-refractivity contribution is -0.144. The van der Waals surface area contributed by atoms with E-state index in [9.17, 15) is 14.7 Å². The summed E-state index contributed by atoms with van der Waals surface area (Å²) < 4.78 is 0. The van der Waals surface area contributed by atoms with Gasteiger partial charge in [-0.15, -0.1) is 0 Å². The molecule has 0 amide bonds. The minimum absolute atomic E-state index is 0.0324. The summed E-state index contributed by atoms with van der Waals surface area (Å²) in [6.07, 6.45) is 1.28. The van der Waals surface area contributed by atoms with Crippen molar-refractivity contribution in [2.24, 2.45) is 11.8 Å². The molecular formula is C11H16O3. The maximum atomic E-state index is 11.7. The number of aliphatic hydroxyl groups is 1. The monoisotopic (exact) mass is 196 g/mol. The fourth-order valence-electron chi connectivity index (χ4n) is 1.53. The second-order valence-corrected chi connectivity index (χ2v) is 4.35. The molecule has 1 aliphatic rings. The number of hydrogen-bond acceptors (Lipinski definition) is 3. The van der Waals surface area contributed by atoms with Crippen molar-refractivity contribution < 1.29 is 14.7 Å². The maximum absolute atomic E-state index is 11.7. The molecule has 0 bridgehead atoms. The number of rotatable bonds is 1. The van der Waals surface area contributed by atoms with Crippen LogP contribution >= 0.6 is 0 Å². The van der Waals surface area contributed by atoms with Crippen LogP contribution in [0.4, 0.5) is 0 Å². The highest BCUT2D eigenvalue weighted by molar-refractivity contribution is 6.13. The molecule has 0 saturated carbocycles. The molecule has 0 aromatic heterocycles. The van der Waals surface area contributed by atoms with Crippen LogP contribution < -0.4 is 0 Å². The van der Waals surface area contributed by atoms with Crippen molar-refractivity contribution >= 4 is 11.6 Å². The van der Waals surface area contributed by atoms with Gasteiger partial charge >= 0.3 is 0 Å². The number of hydrogen-bond donors (Lipinski definition) is 1. The standard InChI is InChI=1S/C11H16O3/c1-6(2)8-5-9(12)11(4,14)7(3)10(8)13/h5-7,14H,1-4H3/t7-,11-/m1/s1. The molecule has 0 aromatic rings. The molecule has 0 saturated heterocycles. The molecule has 14 heavy (non-hydrogen) atoms. The van der Waals surface area contributed by atoms with Gasteiger partial charge in [-0.25, -0.2) is 0 Å². The van der Waals surface area contributed by atoms with Crippen molar-refractivity contribution in [3.63, 3.8) is 0 Å². The van der Waals surface area contributed by atoms with Gasteiger partial charge in [-0.1, -0.05) is 20.8 Å². The third kappa shape index (κ3) is 1.52. The molecular weight excluding hydrogens is 180 g/mol. The van der Waals surface area contributed by atoms with E-state index in [0.717, 1.165) is 0 Å². The van der Waals surface area contributed by atoms with Gasteiger partial charge in [0.25, 0.3) is 0 Å². The van der Waals surface area contributed by atoms with Crippen LogP contribution in [0.5, 0.6) is 0 Å². The smallest absolute Gasteiger partial charge is 0.188 e. The highest BCUT2D eigenvalue weighted by Gasteiger charge is 2.44. The van der Waals surface area contributed by atoms with Gasteiger partial charge in [0.2, 0.25) is 0 Å². The van der Waals surface area contributed by atoms with E-state index in [-0.39, 0.29) is 17.5 Å². The van der Waals surface area contributed by atoms with Gasteiger partial charge in [0.05, 0.1) is 5.92 Å². The predicted octanol–water partition coefficient (Wildman–Crippen LogP) is 1.11. The number of ketones is 2. The molecule has 0 unspecified atom stereocenters. The average Bonchev–Trinajstić information content (AvgIpc) is 2.08. The molecule has 2 atom stereocenters. The third-order valence-electron chi connectivity index (χ3n) is 2.93. The molecule has 1 N–H and O–H groups in total. The molecule has 3 heteroatoms. The Balaban J connectivity index is 3.18. The van der Waals surface area contributed by atoms with Crippen LogP contribution in [0, 0.1) is 11.8 Å². The normalized spacial score (nSPS) is 33.6. The van der Waals surface area contributed by atoms with E-state index in [1.54, 1.807) is 6.92 Å². The highest BCUT2D eigenvalue weighted by Crippen LogP contribution is 2.30. The Morgan fingerprint density at radius 3 is 2.36 bits per heavy atom. The molecule has 0 aromatic carbocycles. The lowest BCUT2D eigenvalue weighted by atomic mass is 9.74. The fraction of sp³-hybridized carbons (Fsp3) is 0.636. The zero-order valence-corrected chi connectivity index (χ0v) is 9.00. The molecule has 1 aliphatic carbocycles. The van der Waals surface area contributed by atoms with Gasteiger partial charge in [-0.05, 0) is 18.9 Å². The van der Waals surface area contributed by atoms with Crippen LogP contribution in [0.3, 0.4) is 0 Å². The van der Waals surface area contributed by atoms with Gasteiger partial charge in [0.15, 0.2) is 11.6 Å². The molecule has 0 heterocycles. The Bertz CT molecular complexity index is 310. The van der Waals surface area contributed by atoms with Crippen LogP contribution in [-0.2, 0) is 9.59 Å². The summed E-state index contributed by atoms with van der Waals surface area (Å²) in [5, 5.41) is 9.77. The minimum Gasteiger partial charge on any atom is -0.381 e. The van der Waals surface area contributed by atoms with Gasteiger partial charge in [0, 0.05) is 5.57 Å². The molecule has 0 fully saturated rings. The summed E-state index contributed by atoms with van der Waals surface area (Å²) in [5.74, 6) is -1.10. The van der Waals surface area contributed by atoms with Crippen LogP contribution in [0.2, 0.25) is 0 Å². The third-order valence-corrected chi connectivity index (χ3v) is 2.93. The van der Waals surface area contributed by atoms with Crippen LogP contribution in [-0.4, -0.2) is 22.3 Å². The van der Waals surface area contributed by atoms with Gasteiger partial charge in [-0.2, -0.15) is 0 Å². The quantitative estimate of drug-likeness (QED) is 0.683. The first-order chi connectivity index (χ1) is 6.28. The summed E-state index contributed by atoms with van der Waals surface area (Å²) in [6.45, 7) is 6.72. The summed E-state index contributed by atoms with van der Waals surface area (Å²) in [7, 11) is 0. The number of Topliss-reactive ketones (excluding diaryl/α,β-unsaturated/α-hetero) is 1. The Kier molecular flexibility index (Phi) is 2.63. The van der Waals surface area contributed by atoms with E-state index < -0.39 is 11.5 Å². The minimum atomic E-state index is -1.53. The predicted molar refractivity (Wildman–Crippen MR) is 52.7 cm³/mol. The van der Waals surface area contributed by atoms with Crippen molar-refractivity contribution in [2.75, 3.05) is 0 Å². The van der Waals surface area contributed by atoms with E-state index >= 15 is 0 Å². The molecule has 0 aliphatic heterocycles. The SMILES string of the molecule is CC(C)C1=CC(=O)[C@](C)(O)[C@H](C)C1=O. The van der Waals surface area contributed by atoms with E-state index in [4.69, 9.17) is 0 Å². The molecule has 78 valence electrons. The average molecular weight is 196 g/mol. The van der Waals surface area contributed by atoms with Crippen molar-refractivity contribution in [2.45, 2.75) is 33.3 Å². The largest absolute Gasteiger partial charge is 0.381 e. The topological polar surface area (TPSA) is 54.4 Å². The second kappa shape index (κ2) is 3.31. The van der Waals surface area contributed by atoms with Gasteiger partial charge in [0.1, 0.15) is 5.60 Å². The summed E-state index contributed by atoms with van der Waals surface area (Å²) in [6, 6.07) is 0. The zero-order chi connectivity index (χ0) is 11.1. The van der Waals surface area contributed by atoms with Gasteiger partial charge < -0.3 is 5.11 Å². The van der Waals surface area contributed by atoms with Crippen LogP contribution in [0.1, 0.15) is 27.7 Å². The van der Waals surface area contributed by atoms with E-state index in [1.807, 2.05) is 13.8 Å². The zero-order valence-electron chi connectivity index (χ0n) is 9.00. The van der Waals surface area contributed by atoms with E-state index in [2.05, 4.69) is 0 Å². The molecule has 0 radical (unpaired) electrons. The van der Waals surface area contributed by atoms with Crippen molar-refractivity contribution in [3.8, 4) is 0 Å². The second-order valence-electron chi connectivity index (χ2n) is 4.35. The lowest BCUT2D eigenvalue weighted by Crippen LogP contribution is -2.48. The summed E-state index contributed by atoms with van der Waals surface area (Å²) >= 11 is 0. The number of carbonyl (C=O) groups excluding carboxylic acids is 2. The lowest BCUT2D eigenvalue weighted by Gasteiger charge is -2.32. The Hall–Kier alpha value is -0.960. The summed E-state index contributed by atoms with van der Waals surface area (Å²) in [5.41, 5.74) is -1.01. The summed E-state index contributed by atoms with van der Waals surface area (Å²) in [4.78, 5) is 23.3. The number of carbonyl (C=O) groups is 2. The van der Waals surface area contributed by atoms with Crippen LogP contribution in [0.15, 0.2) is 11.6 Å². The maximum Gasteiger partial charge on any atom is 0.188 e. The van der Waals surface area contributed by atoms with E-state index in [0.29, 0.717) is 5.57 Å². The first kappa shape index (κ1) is 11.1. The first-order valence-electron chi connectivity index (χ1n) is 4.81. The van der Waals surface area contributed by atoms with Crippen LogP contribution in [0.25, 0.3) is 0 Å².